The van der Waals surface area contributed by atoms with E-state index in [1.807, 2.05) is 19.2 Å². The van der Waals surface area contributed by atoms with E-state index in [0.717, 1.165) is 31.9 Å². The molecule has 0 aromatic heterocycles. The molecule has 0 radical (unpaired) electrons. The molecular formula is C18H21FN2O2S. The summed E-state index contributed by atoms with van der Waals surface area (Å²) in [6, 6.07) is 10.7. The van der Waals surface area contributed by atoms with Gasteiger partial charge in [0.15, 0.2) is 0 Å². The van der Waals surface area contributed by atoms with E-state index in [1.54, 1.807) is 6.07 Å². The average molecular weight is 348 g/mol. The van der Waals surface area contributed by atoms with Crippen LogP contribution < -0.4 is 10.0 Å². The minimum atomic E-state index is -3.79. The minimum absolute atomic E-state index is 0.0757. The van der Waals surface area contributed by atoms with Gasteiger partial charge in [-0.1, -0.05) is 12.1 Å². The van der Waals surface area contributed by atoms with E-state index < -0.39 is 15.8 Å². The average Bonchev–Trinajstić information content (AvgIpc) is 2.55. The number of hydrogen-bond acceptors (Lipinski definition) is 3. The van der Waals surface area contributed by atoms with E-state index in [2.05, 4.69) is 10.0 Å². The molecule has 0 bridgehead atoms. The highest BCUT2D eigenvalue weighted by molar-refractivity contribution is 7.92. The zero-order valence-electron chi connectivity index (χ0n) is 13.5. The van der Waals surface area contributed by atoms with Crippen LogP contribution in [0.15, 0.2) is 47.4 Å². The van der Waals surface area contributed by atoms with Gasteiger partial charge in [0.2, 0.25) is 0 Å². The lowest BCUT2D eigenvalue weighted by Crippen LogP contribution is -2.21. The molecule has 0 unspecified atom stereocenters. The number of anilines is 1. The summed E-state index contributed by atoms with van der Waals surface area (Å²) >= 11 is 0. The summed E-state index contributed by atoms with van der Waals surface area (Å²) in [6.07, 6.45) is 3.19. The normalized spacial score (nSPS) is 17.3. The molecule has 24 heavy (non-hydrogen) atoms. The van der Waals surface area contributed by atoms with Gasteiger partial charge in [-0.15, -0.1) is 0 Å². The maximum atomic E-state index is 13.3. The minimum Gasteiger partial charge on any atom is -0.319 e. The van der Waals surface area contributed by atoms with Gasteiger partial charge in [0.1, 0.15) is 5.82 Å². The van der Waals surface area contributed by atoms with Crippen molar-refractivity contribution in [2.45, 2.75) is 30.1 Å². The van der Waals surface area contributed by atoms with Gasteiger partial charge in [0, 0.05) is 12.2 Å². The maximum absolute atomic E-state index is 13.3. The molecule has 6 heteroatoms. The second-order valence-electron chi connectivity index (χ2n) is 6.12. The summed E-state index contributed by atoms with van der Waals surface area (Å²) in [5.74, 6) is -0.106. The van der Waals surface area contributed by atoms with Crippen molar-refractivity contribution in [3.8, 4) is 0 Å². The highest BCUT2D eigenvalue weighted by Gasteiger charge is 2.21. The van der Waals surface area contributed by atoms with E-state index in [0.29, 0.717) is 11.6 Å². The summed E-state index contributed by atoms with van der Waals surface area (Å²) in [4.78, 5) is -0.0757. The fourth-order valence-corrected chi connectivity index (χ4v) is 4.37. The van der Waals surface area contributed by atoms with Crippen LogP contribution in [-0.2, 0) is 16.4 Å². The summed E-state index contributed by atoms with van der Waals surface area (Å²) in [6.45, 7) is 0.918. The fraction of sp³-hybridized carbons (Fsp3) is 0.333. The molecule has 4 nitrogen and oxygen atoms in total. The lowest BCUT2D eigenvalue weighted by Gasteiger charge is -2.26. The Kier molecular flexibility index (Phi) is 4.87. The first-order valence-electron chi connectivity index (χ1n) is 8.05. The van der Waals surface area contributed by atoms with Crippen molar-refractivity contribution >= 4 is 15.7 Å². The van der Waals surface area contributed by atoms with E-state index in [4.69, 9.17) is 0 Å². The van der Waals surface area contributed by atoms with E-state index in [1.165, 1.54) is 29.3 Å². The molecule has 128 valence electrons. The monoisotopic (exact) mass is 348 g/mol. The van der Waals surface area contributed by atoms with Crippen molar-refractivity contribution in [2.75, 3.05) is 18.3 Å². The number of fused-ring (bicyclic) bond motifs is 1. The number of sulfonamides is 1. The molecule has 0 saturated heterocycles. The SMILES string of the molecule is CNC[C@H]1CCCc2cc(NS(=O)(=O)c3cccc(F)c3)ccc21. The second kappa shape index (κ2) is 6.91. The zero-order valence-corrected chi connectivity index (χ0v) is 14.4. The van der Waals surface area contributed by atoms with Gasteiger partial charge in [0.25, 0.3) is 10.0 Å². The molecule has 2 N–H and O–H groups in total. The molecule has 0 heterocycles. The third-order valence-electron chi connectivity index (χ3n) is 4.39. The van der Waals surface area contributed by atoms with Crippen LogP contribution in [-0.4, -0.2) is 22.0 Å². The smallest absolute Gasteiger partial charge is 0.261 e. The first-order chi connectivity index (χ1) is 11.5. The predicted octanol–water partition coefficient (Wildman–Crippen LogP) is 3.27. The molecule has 0 saturated carbocycles. The number of likely N-dealkylation sites (N-methyl/N-ethyl adjacent to an activating group) is 1. The Hall–Kier alpha value is -1.92. The lowest BCUT2D eigenvalue weighted by molar-refractivity contribution is 0.529. The van der Waals surface area contributed by atoms with Gasteiger partial charge in [0.05, 0.1) is 4.90 Å². The van der Waals surface area contributed by atoms with E-state index in [9.17, 15) is 12.8 Å². The third kappa shape index (κ3) is 3.60. The maximum Gasteiger partial charge on any atom is 0.261 e. The molecule has 0 amide bonds. The number of halogens is 1. The Morgan fingerprint density at radius 3 is 2.79 bits per heavy atom. The quantitative estimate of drug-likeness (QED) is 0.872. The molecule has 2 aromatic carbocycles. The van der Waals surface area contributed by atoms with Gasteiger partial charge < -0.3 is 5.32 Å². The molecule has 0 spiro atoms. The number of aryl methyl sites for hydroxylation is 1. The molecule has 3 rings (SSSR count). The summed E-state index contributed by atoms with van der Waals surface area (Å²) in [7, 11) is -1.85. The Balaban J connectivity index is 1.86. The lowest BCUT2D eigenvalue weighted by atomic mass is 9.82. The van der Waals surface area contributed by atoms with Crippen molar-refractivity contribution in [1.29, 1.82) is 0 Å². The van der Waals surface area contributed by atoms with Crippen LogP contribution in [0.25, 0.3) is 0 Å². The summed E-state index contributed by atoms with van der Waals surface area (Å²) in [5, 5.41) is 3.21. The molecule has 2 aromatic rings. The van der Waals surface area contributed by atoms with Gasteiger partial charge >= 0.3 is 0 Å². The van der Waals surface area contributed by atoms with Crippen LogP contribution in [0.3, 0.4) is 0 Å². The first kappa shape index (κ1) is 16.9. The molecule has 1 aliphatic carbocycles. The molecule has 0 aliphatic heterocycles. The van der Waals surface area contributed by atoms with Gasteiger partial charge in [-0.3, -0.25) is 4.72 Å². The van der Waals surface area contributed by atoms with Crippen LogP contribution in [0.4, 0.5) is 10.1 Å². The zero-order chi connectivity index (χ0) is 17.2. The van der Waals surface area contributed by atoms with Gasteiger partial charge in [-0.25, -0.2) is 12.8 Å². The van der Waals surface area contributed by atoms with Crippen LogP contribution >= 0.6 is 0 Å². The van der Waals surface area contributed by atoms with Crippen molar-refractivity contribution in [2.24, 2.45) is 0 Å². The highest BCUT2D eigenvalue weighted by Crippen LogP contribution is 2.33. The third-order valence-corrected chi connectivity index (χ3v) is 5.77. The Morgan fingerprint density at radius 1 is 1.21 bits per heavy atom. The summed E-state index contributed by atoms with van der Waals surface area (Å²) < 4.78 is 40.6. The Morgan fingerprint density at radius 2 is 2.04 bits per heavy atom. The number of nitrogens with one attached hydrogen (secondary N) is 2. The molecule has 1 aliphatic rings. The topological polar surface area (TPSA) is 58.2 Å². The van der Waals surface area contributed by atoms with Gasteiger partial charge in [-0.05, 0) is 73.7 Å². The largest absolute Gasteiger partial charge is 0.319 e. The standard InChI is InChI=1S/C18H21FN2O2S/c1-20-12-14-5-2-4-13-10-16(8-9-18(13)14)21-24(22,23)17-7-3-6-15(19)11-17/h3,6-11,14,20-21H,2,4-5,12H2,1H3/t14-/m1/s1. The highest BCUT2D eigenvalue weighted by atomic mass is 32.2. The van der Waals surface area contributed by atoms with Crippen molar-refractivity contribution in [1.82, 2.24) is 5.32 Å². The molecule has 1 atom stereocenters. The number of rotatable bonds is 5. The number of hydrogen-bond donors (Lipinski definition) is 2. The predicted molar refractivity (Wildman–Crippen MR) is 93.3 cm³/mol. The molecule has 0 fully saturated rings. The van der Waals surface area contributed by atoms with Crippen molar-refractivity contribution in [3.63, 3.8) is 0 Å². The van der Waals surface area contributed by atoms with Gasteiger partial charge in [-0.2, -0.15) is 0 Å². The van der Waals surface area contributed by atoms with Crippen LogP contribution in [0, 0.1) is 5.82 Å². The number of benzene rings is 2. The molecular weight excluding hydrogens is 327 g/mol. The first-order valence-corrected chi connectivity index (χ1v) is 9.54. The van der Waals surface area contributed by atoms with Crippen LogP contribution in [0.5, 0.6) is 0 Å². The summed E-state index contributed by atoms with van der Waals surface area (Å²) in [5.41, 5.74) is 2.98. The van der Waals surface area contributed by atoms with E-state index in [-0.39, 0.29) is 4.90 Å². The van der Waals surface area contributed by atoms with E-state index >= 15 is 0 Å². The Bertz CT molecular complexity index is 837. The fourth-order valence-electron chi connectivity index (χ4n) is 3.29. The Labute approximate surface area is 142 Å². The van der Waals surface area contributed by atoms with Crippen LogP contribution in [0.2, 0.25) is 0 Å². The van der Waals surface area contributed by atoms with Crippen molar-refractivity contribution in [3.05, 3.63) is 59.4 Å². The van der Waals surface area contributed by atoms with Crippen LogP contribution in [0.1, 0.15) is 29.9 Å². The second-order valence-corrected chi connectivity index (χ2v) is 7.81. The van der Waals surface area contributed by atoms with Crippen molar-refractivity contribution < 1.29 is 12.8 Å².